The molecule has 0 aliphatic carbocycles. The molecule has 0 aliphatic heterocycles. The largest absolute Gasteiger partial charge is 0.465 e. The van der Waals surface area contributed by atoms with Crippen molar-refractivity contribution in [1.29, 1.82) is 0 Å². The van der Waals surface area contributed by atoms with Crippen molar-refractivity contribution in [3.63, 3.8) is 0 Å². The van der Waals surface area contributed by atoms with Crippen LogP contribution in [0.15, 0.2) is 64.6 Å². The number of carbonyl (C=O) groups excluding carboxylic acids is 1. The zero-order valence-electron chi connectivity index (χ0n) is 11.9. The molecular formula is C17H15NO2S. The van der Waals surface area contributed by atoms with Crippen molar-refractivity contribution in [2.75, 3.05) is 7.11 Å². The van der Waals surface area contributed by atoms with Crippen LogP contribution in [0.5, 0.6) is 0 Å². The molecule has 0 atom stereocenters. The first kappa shape index (κ1) is 13.8. The van der Waals surface area contributed by atoms with Crippen LogP contribution in [0.25, 0.3) is 5.52 Å². The first-order chi connectivity index (χ1) is 10.2. The van der Waals surface area contributed by atoms with E-state index >= 15 is 0 Å². The third-order valence-electron chi connectivity index (χ3n) is 3.29. The van der Waals surface area contributed by atoms with Crippen LogP contribution in [-0.2, 0) is 4.74 Å². The lowest BCUT2D eigenvalue weighted by Crippen LogP contribution is -1.99. The number of aryl methyl sites for hydroxylation is 1. The molecule has 0 spiro atoms. The van der Waals surface area contributed by atoms with Gasteiger partial charge in [-0.3, -0.25) is 0 Å². The second kappa shape index (κ2) is 5.66. The molecule has 0 radical (unpaired) electrons. The minimum absolute atomic E-state index is 0.311. The Hall–Kier alpha value is -2.20. The standard InChI is InChI=1S/C17H15NO2S/c1-12-6-8-13(9-7-12)21-16-11-14(17(19)20-2)15-5-3-4-10-18(15)16/h3-11H,1-2H3. The van der Waals surface area contributed by atoms with E-state index in [1.54, 1.807) is 11.8 Å². The van der Waals surface area contributed by atoms with E-state index in [4.69, 9.17) is 4.74 Å². The van der Waals surface area contributed by atoms with Gasteiger partial charge in [-0.15, -0.1) is 0 Å². The van der Waals surface area contributed by atoms with Gasteiger partial charge in [0.2, 0.25) is 0 Å². The van der Waals surface area contributed by atoms with Crippen molar-refractivity contribution in [1.82, 2.24) is 4.40 Å². The fourth-order valence-corrected chi connectivity index (χ4v) is 3.15. The Kier molecular flexibility index (Phi) is 3.71. The second-order valence-electron chi connectivity index (χ2n) is 4.76. The van der Waals surface area contributed by atoms with Crippen LogP contribution in [-0.4, -0.2) is 17.5 Å². The van der Waals surface area contributed by atoms with Crippen molar-refractivity contribution >= 4 is 23.2 Å². The number of benzene rings is 1. The Morgan fingerprint density at radius 2 is 1.90 bits per heavy atom. The van der Waals surface area contributed by atoms with Gasteiger partial charge in [0.05, 0.1) is 23.2 Å². The van der Waals surface area contributed by atoms with Crippen molar-refractivity contribution in [3.8, 4) is 0 Å². The van der Waals surface area contributed by atoms with Crippen LogP contribution in [0.2, 0.25) is 0 Å². The number of nitrogens with zero attached hydrogens (tertiary/aromatic N) is 1. The summed E-state index contributed by atoms with van der Waals surface area (Å²) in [6.45, 7) is 2.07. The summed E-state index contributed by atoms with van der Waals surface area (Å²) in [7, 11) is 1.40. The highest BCUT2D eigenvalue weighted by atomic mass is 32.2. The van der Waals surface area contributed by atoms with E-state index in [1.807, 2.05) is 34.9 Å². The highest BCUT2D eigenvalue weighted by Crippen LogP contribution is 2.31. The third kappa shape index (κ3) is 2.67. The maximum atomic E-state index is 11.9. The third-order valence-corrected chi connectivity index (χ3v) is 4.32. The van der Waals surface area contributed by atoms with Gasteiger partial charge in [0.15, 0.2) is 0 Å². The normalized spacial score (nSPS) is 10.8. The molecular weight excluding hydrogens is 282 g/mol. The van der Waals surface area contributed by atoms with Gasteiger partial charge in [-0.05, 0) is 37.3 Å². The lowest BCUT2D eigenvalue weighted by atomic mass is 10.2. The first-order valence-corrected chi connectivity index (χ1v) is 7.43. The van der Waals surface area contributed by atoms with Gasteiger partial charge in [0.25, 0.3) is 0 Å². The molecule has 0 amide bonds. The maximum absolute atomic E-state index is 11.9. The Morgan fingerprint density at radius 3 is 2.62 bits per heavy atom. The van der Waals surface area contributed by atoms with Crippen LogP contribution in [0, 0.1) is 6.92 Å². The van der Waals surface area contributed by atoms with Gasteiger partial charge in [-0.1, -0.05) is 35.5 Å². The first-order valence-electron chi connectivity index (χ1n) is 6.62. The number of fused-ring (bicyclic) bond motifs is 1. The molecule has 0 unspecified atom stereocenters. The Morgan fingerprint density at radius 1 is 1.14 bits per heavy atom. The van der Waals surface area contributed by atoms with Crippen LogP contribution < -0.4 is 0 Å². The van der Waals surface area contributed by atoms with E-state index in [0.29, 0.717) is 5.56 Å². The van der Waals surface area contributed by atoms with Gasteiger partial charge in [-0.2, -0.15) is 0 Å². The van der Waals surface area contributed by atoms with Crippen molar-refractivity contribution in [2.45, 2.75) is 16.8 Å². The molecule has 3 nitrogen and oxygen atoms in total. The molecule has 0 aliphatic rings. The molecule has 0 saturated carbocycles. The highest BCUT2D eigenvalue weighted by molar-refractivity contribution is 7.99. The maximum Gasteiger partial charge on any atom is 0.340 e. The zero-order valence-corrected chi connectivity index (χ0v) is 12.7. The van der Waals surface area contributed by atoms with E-state index < -0.39 is 0 Å². The van der Waals surface area contributed by atoms with Crippen LogP contribution in [0.1, 0.15) is 15.9 Å². The molecule has 0 saturated heterocycles. The minimum atomic E-state index is -0.311. The Bertz CT molecular complexity index is 790. The summed E-state index contributed by atoms with van der Waals surface area (Å²) in [6, 6.07) is 16.0. The topological polar surface area (TPSA) is 30.7 Å². The average molecular weight is 297 g/mol. The smallest absolute Gasteiger partial charge is 0.340 e. The number of methoxy groups -OCH3 is 1. The number of esters is 1. The molecule has 0 fully saturated rings. The monoisotopic (exact) mass is 297 g/mol. The summed E-state index contributed by atoms with van der Waals surface area (Å²) in [5.74, 6) is -0.311. The summed E-state index contributed by atoms with van der Waals surface area (Å²) in [4.78, 5) is 13.0. The number of ether oxygens (including phenoxy) is 1. The van der Waals surface area contributed by atoms with Crippen LogP contribution in [0.4, 0.5) is 0 Å². The SMILES string of the molecule is COC(=O)c1cc(Sc2ccc(C)cc2)n2ccccc12. The number of aromatic nitrogens is 1. The number of rotatable bonds is 3. The zero-order chi connectivity index (χ0) is 14.8. The van der Waals surface area contributed by atoms with Gasteiger partial charge in [0, 0.05) is 11.1 Å². The van der Waals surface area contributed by atoms with Gasteiger partial charge in [-0.25, -0.2) is 4.79 Å². The van der Waals surface area contributed by atoms with Crippen molar-refractivity contribution in [3.05, 3.63) is 65.9 Å². The molecule has 4 heteroatoms. The molecule has 21 heavy (non-hydrogen) atoms. The summed E-state index contributed by atoms with van der Waals surface area (Å²) < 4.78 is 6.87. The molecule has 2 aromatic heterocycles. The van der Waals surface area contributed by atoms with Crippen LogP contribution in [0.3, 0.4) is 0 Å². The van der Waals surface area contributed by atoms with E-state index in [2.05, 4.69) is 31.2 Å². The molecule has 3 aromatic rings. The summed E-state index contributed by atoms with van der Waals surface area (Å²) in [6.07, 6.45) is 1.96. The predicted octanol–water partition coefficient (Wildman–Crippen LogP) is 4.19. The highest BCUT2D eigenvalue weighted by Gasteiger charge is 2.16. The molecule has 0 bridgehead atoms. The summed E-state index contributed by atoms with van der Waals surface area (Å²) in [5, 5.41) is 0.995. The van der Waals surface area contributed by atoms with Crippen molar-refractivity contribution < 1.29 is 9.53 Å². The lowest BCUT2D eigenvalue weighted by molar-refractivity contribution is 0.0603. The van der Waals surface area contributed by atoms with E-state index in [9.17, 15) is 4.79 Å². The molecule has 1 aromatic carbocycles. The van der Waals surface area contributed by atoms with Crippen LogP contribution >= 0.6 is 11.8 Å². The van der Waals surface area contributed by atoms with E-state index in [0.717, 1.165) is 15.4 Å². The van der Waals surface area contributed by atoms with Gasteiger partial charge >= 0.3 is 5.97 Å². The molecule has 3 rings (SSSR count). The Balaban J connectivity index is 2.06. The van der Waals surface area contributed by atoms with Gasteiger partial charge in [0.1, 0.15) is 0 Å². The fourth-order valence-electron chi connectivity index (χ4n) is 2.20. The van der Waals surface area contributed by atoms with E-state index in [1.165, 1.54) is 12.7 Å². The average Bonchev–Trinajstić information content (AvgIpc) is 2.88. The Labute approximate surface area is 127 Å². The summed E-state index contributed by atoms with van der Waals surface area (Å²) in [5.41, 5.74) is 2.68. The molecule has 0 N–H and O–H groups in total. The lowest BCUT2D eigenvalue weighted by Gasteiger charge is -2.03. The van der Waals surface area contributed by atoms with E-state index in [-0.39, 0.29) is 5.97 Å². The number of hydrogen-bond acceptors (Lipinski definition) is 3. The number of pyridine rings is 1. The predicted molar refractivity (Wildman–Crippen MR) is 84.0 cm³/mol. The number of carbonyl (C=O) groups is 1. The van der Waals surface area contributed by atoms with Gasteiger partial charge < -0.3 is 9.14 Å². The fraction of sp³-hybridized carbons (Fsp3) is 0.118. The second-order valence-corrected chi connectivity index (χ2v) is 5.85. The summed E-state index contributed by atoms with van der Waals surface area (Å²) >= 11 is 1.63. The molecule has 2 heterocycles. The molecule has 106 valence electrons. The quantitative estimate of drug-likeness (QED) is 0.679. The number of hydrogen-bond donors (Lipinski definition) is 0. The van der Waals surface area contributed by atoms with Crippen molar-refractivity contribution in [2.24, 2.45) is 0 Å². The minimum Gasteiger partial charge on any atom is -0.465 e.